The van der Waals surface area contributed by atoms with Gasteiger partial charge in [-0.3, -0.25) is 4.79 Å². The van der Waals surface area contributed by atoms with Crippen molar-refractivity contribution in [3.05, 3.63) is 57.0 Å². The Kier molecular flexibility index (Phi) is 5.04. The Morgan fingerprint density at radius 3 is 2.54 bits per heavy atom. The number of carboxylic acid groups (broad SMARTS) is 1. The van der Waals surface area contributed by atoms with Gasteiger partial charge in [0.2, 0.25) is 0 Å². The third kappa shape index (κ3) is 3.54. The second-order valence-electron chi connectivity index (χ2n) is 5.54. The third-order valence-electron chi connectivity index (χ3n) is 3.89. The molecule has 0 bridgehead atoms. The highest BCUT2D eigenvalue weighted by Crippen LogP contribution is 2.35. The minimum Gasteiger partial charge on any atom is -0.481 e. The number of halogens is 3. The summed E-state index contributed by atoms with van der Waals surface area (Å²) >= 11 is 18.3. The molecule has 0 fully saturated rings. The molecular weight excluding hydrogens is 369 g/mol. The molecule has 0 saturated carbocycles. The molecule has 0 saturated heterocycles. The fraction of sp³-hybridized carbons (Fsp3) is 0.167. The molecule has 0 radical (unpaired) electrons. The summed E-state index contributed by atoms with van der Waals surface area (Å²) < 4.78 is 0. The van der Waals surface area contributed by atoms with Crippen molar-refractivity contribution in [3.63, 3.8) is 0 Å². The average molecular weight is 383 g/mol. The highest BCUT2D eigenvalue weighted by atomic mass is 35.5. The van der Waals surface area contributed by atoms with Crippen LogP contribution in [0.25, 0.3) is 22.2 Å². The quantitative estimate of drug-likeness (QED) is 0.551. The van der Waals surface area contributed by atoms with E-state index in [0.717, 1.165) is 27.7 Å². The number of hydrogen-bond acceptors (Lipinski definition) is 1. The van der Waals surface area contributed by atoms with E-state index in [2.05, 4.69) is 4.98 Å². The number of hydrogen-bond donors (Lipinski definition) is 2. The number of H-pyrrole nitrogens is 1. The van der Waals surface area contributed by atoms with Crippen LogP contribution in [0, 0.1) is 0 Å². The van der Waals surface area contributed by atoms with Crippen LogP contribution in [0.5, 0.6) is 0 Å². The van der Waals surface area contributed by atoms with Crippen LogP contribution in [0.4, 0.5) is 0 Å². The first-order chi connectivity index (χ1) is 11.5. The molecule has 6 heteroatoms. The number of aliphatic carboxylic acids is 1. The molecule has 1 aromatic heterocycles. The molecule has 2 N–H and O–H groups in total. The molecule has 124 valence electrons. The monoisotopic (exact) mass is 381 g/mol. The minimum atomic E-state index is -0.802. The fourth-order valence-corrected chi connectivity index (χ4v) is 3.26. The summed E-state index contributed by atoms with van der Waals surface area (Å²) in [4.78, 5) is 14.2. The maximum Gasteiger partial charge on any atom is 0.303 e. The highest BCUT2D eigenvalue weighted by Gasteiger charge is 2.15. The van der Waals surface area contributed by atoms with Crippen molar-refractivity contribution in [1.82, 2.24) is 4.98 Å². The Morgan fingerprint density at radius 1 is 1.04 bits per heavy atom. The Bertz CT molecular complexity index is 918. The zero-order valence-electron chi connectivity index (χ0n) is 12.6. The van der Waals surface area contributed by atoms with Crippen molar-refractivity contribution < 1.29 is 9.90 Å². The van der Waals surface area contributed by atoms with Gasteiger partial charge in [0, 0.05) is 28.0 Å². The summed E-state index contributed by atoms with van der Waals surface area (Å²) in [5.74, 6) is -0.802. The van der Waals surface area contributed by atoms with Gasteiger partial charge >= 0.3 is 5.97 Å². The minimum absolute atomic E-state index is 0.119. The van der Waals surface area contributed by atoms with E-state index >= 15 is 0 Å². The predicted octanol–water partition coefficient (Wildman–Crippen LogP) is 6.20. The molecule has 0 aliphatic carbocycles. The molecule has 3 aromatic rings. The maximum atomic E-state index is 10.8. The van der Waals surface area contributed by atoms with Gasteiger partial charge in [-0.15, -0.1) is 0 Å². The Hall–Kier alpha value is -1.68. The van der Waals surface area contributed by atoms with E-state index in [4.69, 9.17) is 39.9 Å². The molecule has 3 rings (SSSR count). The standard InChI is InChI=1S/C18H14Cl3NO2/c19-11-5-7-16-13(9-11)12(2-1-3-17(23)24)18(22-16)10-4-6-14(20)15(21)8-10/h4-9,22H,1-3H2,(H,23,24). The van der Waals surface area contributed by atoms with Gasteiger partial charge in [0.25, 0.3) is 0 Å². The van der Waals surface area contributed by atoms with E-state index < -0.39 is 5.97 Å². The van der Waals surface area contributed by atoms with Crippen LogP contribution in [-0.4, -0.2) is 16.1 Å². The van der Waals surface area contributed by atoms with E-state index in [1.165, 1.54) is 0 Å². The first-order valence-electron chi connectivity index (χ1n) is 7.43. The highest BCUT2D eigenvalue weighted by molar-refractivity contribution is 6.42. The van der Waals surface area contributed by atoms with Gasteiger partial charge in [-0.1, -0.05) is 40.9 Å². The van der Waals surface area contributed by atoms with Gasteiger partial charge in [-0.25, -0.2) is 0 Å². The lowest BCUT2D eigenvalue weighted by atomic mass is 10.0. The van der Waals surface area contributed by atoms with E-state index in [1.807, 2.05) is 24.3 Å². The molecule has 0 atom stereocenters. The van der Waals surface area contributed by atoms with Gasteiger partial charge < -0.3 is 10.1 Å². The summed E-state index contributed by atoms with van der Waals surface area (Å²) in [5, 5.41) is 11.5. The smallest absolute Gasteiger partial charge is 0.303 e. The average Bonchev–Trinajstić information content (AvgIpc) is 2.88. The van der Waals surface area contributed by atoms with Crippen LogP contribution >= 0.6 is 34.8 Å². The Balaban J connectivity index is 2.11. The largest absolute Gasteiger partial charge is 0.481 e. The van der Waals surface area contributed by atoms with Crippen LogP contribution in [-0.2, 0) is 11.2 Å². The first-order valence-corrected chi connectivity index (χ1v) is 8.56. The normalized spacial score (nSPS) is 11.1. The zero-order chi connectivity index (χ0) is 17.3. The number of aromatic nitrogens is 1. The van der Waals surface area contributed by atoms with Crippen molar-refractivity contribution in [2.45, 2.75) is 19.3 Å². The van der Waals surface area contributed by atoms with Gasteiger partial charge in [0.1, 0.15) is 0 Å². The van der Waals surface area contributed by atoms with Gasteiger partial charge in [0.15, 0.2) is 0 Å². The molecule has 0 amide bonds. The number of fused-ring (bicyclic) bond motifs is 1. The number of aryl methyl sites for hydroxylation is 1. The molecule has 0 aliphatic heterocycles. The van der Waals surface area contributed by atoms with E-state index in [0.29, 0.717) is 27.9 Å². The van der Waals surface area contributed by atoms with Crippen molar-refractivity contribution in [2.75, 3.05) is 0 Å². The van der Waals surface area contributed by atoms with Crippen LogP contribution in [0.1, 0.15) is 18.4 Å². The third-order valence-corrected chi connectivity index (χ3v) is 4.87. The zero-order valence-corrected chi connectivity index (χ0v) is 14.8. The van der Waals surface area contributed by atoms with E-state index in [-0.39, 0.29) is 6.42 Å². The maximum absolute atomic E-state index is 10.8. The van der Waals surface area contributed by atoms with Crippen LogP contribution in [0.15, 0.2) is 36.4 Å². The summed E-state index contributed by atoms with van der Waals surface area (Å²) in [6, 6.07) is 11.1. The first kappa shape index (κ1) is 17.2. The van der Waals surface area contributed by atoms with Crippen molar-refractivity contribution in [2.24, 2.45) is 0 Å². The summed E-state index contributed by atoms with van der Waals surface area (Å²) in [5.41, 5.74) is 3.80. The van der Waals surface area contributed by atoms with Gasteiger partial charge in [-0.2, -0.15) is 0 Å². The lowest BCUT2D eigenvalue weighted by molar-refractivity contribution is -0.137. The molecule has 3 nitrogen and oxygen atoms in total. The molecule has 0 spiro atoms. The molecule has 2 aromatic carbocycles. The number of rotatable bonds is 5. The molecule has 1 heterocycles. The van der Waals surface area contributed by atoms with Crippen LogP contribution in [0.2, 0.25) is 15.1 Å². The Labute approximate surface area is 154 Å². The summed E-state index contributed by atoms with van der Waals surface area (Å²) in [7, 11) is 0. The lowest BCUT2D eigenvalue weighted by Gasteiger charge is -2.06. The second-order valence-corrected chi connectivity index (χ2v) is 6.80. The van der Waals surface area contributed by atoms with Crippen LogP contribution in [0.3, 0.4) is 0 Å². The molecular formula is C18H14Cl3NO2. The number of benzene rings is 2. The van der Waals surface area contributed by atoms with Gasteiger partial charge in [-0.05, 0) is 54.3 Å². The number of nitrogens with one attached hydrogen (secondary N) is 1. The Morgan fingerprint density at radius 2 is 1.83 bits per heavy atom. The SMILES string of the molecule is O=C(O)CCCc1c(-c2ccc(Cl)c(Cl)c2)[nH]c2ccc(Cl)cc12. The van der Waals surface area contributed by atoms with E-state index in [1.54, 1.807) is 12.1 Å². The second kappa shape index (κ2) is 7.06. The molecule has 0 aliphatic rings. The van der Waals surface area contributed by atoms with Crippen LogP contribution < -0.4 is 0 Å². The number of carbonyl (C=O) groups is 1. The summed E-state index contributed by atoms with van der Waals surface area (Å²) in [6.45, 7) is 0. The van der Waals surface area contributed by atoms with Crippen molar-refractivity contribution >= 4 is 51.7 Å². The molecule has 24 heavy (non-hydrogen) atoms. The van der Waals surface area contributed by atoms with Crippen molar-refractivity contribution in [1.29, 1.82) is 0 Å². The van der Waals surface area contributed by atoms with E-state index in [9.17, 15) is 4.79 Å². The topological polar surface area (TPSA) is 53.1 Å². The van der Waals surface area contributed by atoms with Crippen molar-refractivity contribution in [3.8, 4) is 11.3 Å². The van der Waals surface area contributed by atoms with Gasteiger partial charge in [0.05, 0.1) is 10.0 Å². The lowest BCUT2D eigenvalue weighted by Crippen LogP contribution is -1.96. The fourth-order valence-electron chi connectivity index (χ4n) is 2.79. The number of carboxylic acids is 1. The summed E-state index contributed by atoms with van der Waals surface area (Å²) in [6.07, 6.45) is 1.29. The molecule has 0 unspecified atom stereocenters. The number of aromatic amines is 1. The predicted molar refractivity (Wildman–Crippen MR) is 99.3 cm³/mol.